The number of amides is 1. The molecule has 0 fully saturated rings. The quantitative estimate of drug-likeness (QED) is 0.632. The summed E-state index contributed by atoms with van der Waals surface area (Å²) in [5, 5.41) is 3.73. The number of fused-ring (bicyclic) bond motifs is 1. The molecule has 0 unspecified atom stereocenters. The average Bonchev–Trinajstić information content (AvgIpc) is 2.72. The van der Waals surface area contributed by atoms with E-state index in [-0.39, 0.29) is 5.91 Å². The largest absolute Gasteiger partial charge is 0.463 e. The zero-order chi connectivity index (χ0) is 12.1. The summed E-state index contributed by atoms with van der Waals surface area (Å²) < 4.78 is 5.37. The minimum Gasteiger partial charge on any atom is -0.463 e. The van der Waals surface area contributed by atoms with Crippen LogP contribution in [0.1, 0.15) is 18.9 Å². The second-order valence-electron chi connectivity index (χ2n) is 3.68. The topological polar surface area (TPSA) is 42.2 Å². The molecule has 0 aliphatic carbocycles. The van der Waals surface area contributed by atoms with Crippen LogP contribution in [0.2, 0.25) is 0 Å². The Morgan fingerprint density at radius 3 is 3.06 bits per heavy atom. The van der Waals surface area contributed by atoms with Gasteiger partial charge in [0.2, 0.25) is 5.91 Å². The van der Waals surface area contributed by atoms with E-state index >= 15 is 0 Å². The Morgan fingerprint density at radius 2 is 2.24 bits per heavy atom. The van der Waals surface area contributed by atoms with Crippen LogP contribution in [0.15, 0.2) is 34.9 Å². The smallest absolute Gasteiger partial charge is 0.216 e. The number of nitrogens with one attached hydrogen (secondary N) is 1. The fourth-order valence-electron chi connectivity index (χ4n) is 1.53. The zero-order valence-electron chi connectivity index (χ0n) is 9.62. The van der Waals surface area contributed by atoms with Crippen molar-refractivity contribution in [2.45, 2.75) is 13.3 Å². The Balaban J connectivity index is 2.04. The molecule has 1 aromatic heterocycles. The van der Waals surface area contributed by atoms with Gasteiger partial charge in [0.1, 0.15) is 11.8 Å². The van der Waals surface area contributed by atoms with Crippen LogP contribution in [0.25, 0.3) is 11.0 Å². The van der Waals surface area contributed by atoms with Gasteiger partial charge in [-0.3, -0.25) is 4.79 Å². The van der Waals surface area contributed by atoms with Gasteiger partial charge in [0.05, 0.1) is 5.56 Å². The third-order valence-corrected chi connectivity index (χ3v) is 2.33. The van der Waals surface area contributed by atoms with E-state index in [0.717, 1.165) is 16.5 Å². The van der Waals surface area contributed by atoms with Gasteiger partial charge in [-0.25, -0.2) is 0 Å². The molecule has 0 saturated heterocycles. The molecule has 0 radical (unpaired) electrons. The second-order valence-corrected chi connectivity index (χ2v) is 3.68. The van der Waals surface area contributed by atoms with Crippen LogP contribution in [0.3, 0.4) is 0 Å². The van der Waals surface area contributed by atoms with Gasteiger partial charge in [0.15, 0.2) is 0 Å². The molecule has 0 saturated carbocycles. The molecule has 1 amide bonds. The number of hydrogen-bond acceptors (Lipinski definition) is 2. The van der Waals surface area contributed by atoms with Crippen LogP contribution < -0.4 is 5.32 Å². The number of hydrogen-bond donors (Lipinski definition) is 1. The van der Waals surface area contributed by atoms with Crippen LogP contribution in [-0.2, 0) is 4.79 Å². The molecule has 3 heteroatoms. The molecular weight excluding hydrogens is 214 g/mol. The number of rotatable bonds is 2. The maximum atomic E-state index is 10.6. The van der Waals surface area contributed by atoms with E-state index in [1.165, 1.54) is 6.92 Å². The highest BCUT2D eigenvalue weighted by molar-refractivity contribution is 5.83. The first kappa shape index (κ1) is 11.3. The lowest BCUT2D eigenvalue weighted by molar-refractivity contribution is -0.118. The lowest BCUT2D eigenvalue weighted by Gasteiger charge is -1.94. The minimum atomic E-state index is -0.0273. The second kappa shape index (κ2) is 5.22. The van der Waals surface area contributed by atoms with E-state index in [1.54, 1.807) is 6.26 Å². The summed E-state index contributed by atoms with van der Waals surface area (Å²) in [5.41, 5.74) is 1.74. The van der Waals surface area contributed by atoms with Crippen LogP contribution in [-0.4, -0.2) is 12.5 Å². The number of furan rings is 1. The van der Waals surface area contributed by atoms with Gasteiger partial charge in [-0.2, -0.15) is 0 Å². The lowest BCUT2D eigenvalue weighted by atomic mass is 10.2. The van der Waals surface area contributed by atoms with Crippen LogP contribution in [0.4, 0.5) is 0 Å². The van der Waals surface area contributed by atoms with Crippen molar-refractivity contribution in [2.75, 3.05) is 6.54 Å². The SMILES string of the molecule is CC(=O)NCCC#Cc1coc2ccccc12. The first-order valence-corrected chi connectivity index (χ1v) is 5.47. The summed E-state index contributed by atoms with van der Waals surface area (Å²) in [6, 6.07) is 7.79. The summed E-state index contributed by atoms with van der Waals surface area (Å²) in [7, 11) is 0. The first-order valence-electron chi connectivity index (χ1n) is 5.47. The van der Waals surface area contributed by atoms with Gasteiger partial charge < -0.3 is 9.73 Å². The fraction of sp³-hybridized carbons (Fsp3) is 0.214. The monoisotopic (exact) mass is 227 g/mol. The van der Waals surface area contributed by atoms with Crippen molar-refractivity contribution in [3.8, 4) is 11.8 Å². The number of para-hydroxylation sites is 1. The average molecular weight is 227 g/mol. The van der Waals surface area contributed by atoms with Crippen molar-refractivity contribution >= 4 is 16.9 Å². The van der Waals surface area contributed by atoms with Gasteiger partial charge in [-0.05, 0) is 12.1 Å². The van der Waals surface area contributed by atoms with Crippen LogP contribution in [0.5, 0.6) is 0 Å². The van der Waals surface area contributed by atoms with Gasteiger partial charge in [-0.1, -0.05) is 24.0 Å². The third-order valence-electron chi connectivity index (χ3n) is 2.33. The Kier molecular flexibility index (Phi) is 3.46. The summed E-state index contributed by atoms with van der Waals surface area (Å²) >= 11 is 0. The first-order chi connectivity index (χ1) is 8.27. The van der Waals surface area contributed by atoms with Crippen molar-refractivity contribution in [2.24, 2.45) is 0 Å². The van der Waals surface area contributed by atoms with Gasteiger partial charge in [0, 0.05) is 25.3 Å². The minimum absolute atomic E-state index is 0.0273. The van der Waals surface area contributed by atoms with E-state index < -0.39 is 0 Å². The Morgan fingerprint density at radius 1 is 1.41 bits per heavy atom. The molecule has 0 aliphatic heterocycles. The summed E-state index contributed by atoms with van der Waals surface area (Å²) in [6.07, 6.45) is 2.30. The fourth-order valence-corrected chi connectivity index (χ4v) is 1.53. The molecule has 0 spiro atoms. The van der Waals surface area contributed by atoms with Crippen molar-refractivity contribution in [1.82, 2.24) is 5.32 Å². The lowest BCUT2D eigenvalue weighted by Crippen LogP contribution is -2.20. The van der Waals surface area contributed by atoms with Gasteiger partial charge in [-0.15, -0.1) is 0 Å². The van der Waals surface area contributed by atoms with E-state index in [2.05, 4.69) is 17.2 Å². The number of benzene rings is 1. The zero-order valence-corrected chi connectivity index (χ0v) is 9.62. The predicted molar refractivity (Wildman–Crippen MR) is 66.4 cm³/mol. The van der Waals surface area contributed by atoms with E-state index in [0.29, 0.717) is 13.0 Å². The van der Waals surface area contributed by atoms with E-state index in [9.17, 15) is 4.79 Å². The molecule has 0 bridgehead atoms. The van der Waals surface area contributed by atoms with E-state index in [4.69, 9.17) is 4.42 Å². The number of carbonyl (C=O) groups is 1. The Labute approximate surface area is 99.8 Å². The standard InChI is InChI=1S/C14H13NO2/c1-11(16)15-9-5-4-6-12-10-17-14-8-3-2-7-13(12)14/h2-3,7-8,10H,5,9H2,1H3,(H,15,16). The predicted octanol–water partition coefficient (Wildman–Crippen LogP) is 2.31. The maximum absolute atomic E-state index is 10.6. The van der Waals surface area contributed by atoms with Crippen LogP contribution >= 0.6 is 0 Å². The molecule has 0 aliphatic rings. The van der Waals surface area contributed by atoms with Crippen molar-refractivity contribution in [1.29, 1.82) is 0 Å². The highest BCUT2D eigenvalue weighted by Gasteiger charge is 2.00. The molecule has 1 aromatic carbocycles. The molecular formula is C14H13NO2. The molecule has 2 rings (SSSR count). The number of carbonyl (C=O) groups excluding carboxylic acids is 1. The maximum Gasteiger partial charge on any atom is 0.216 e. The highest BCUT2D eigenvalue weighted by Crippen LogP contribution is 2.19. The third kappa shape index (κ3) is 2.88. The van der Waals surface area contributed by atoms with Crippen LogP contribution in [0, 0.1) is 11.8 Å². The Bertz CT molecular complexity index is 587. The van der Waals surface area contributed by atoms with Gasteiger partial charge in [0.25, 0.3) is 0 Å². The molecule has 2 aromatic rings. The molecule has 1 heterocycles. The molecule has 1 N–H and O–H groups in total. The van der Waals surface area contributed by atoms with Crippen molar-refractivity contribution < 1.29 is 9.21 Å². The molecule has 3 nitrogen and oxygen atoms in total. The Hall–Kier alpha value is -2.21. The van der Waals surface area contributed by atoms with E-state index in [1.807, 2.05) is 24.3 Å². The van der Waals surface area contributed by atoms with Crippen molar-refractivity contribution in [3.63, 3.8) is 0 Å². The van der Waals surface area contributed by atoms with Gasteiger partial charge >= 0.3 is 0 Å². The summed E-state index contributed by atoms with van der Waals surface area (Å²) in [4.78, 5) is 10.6. The molecule has 86 valence electrons. The molecule has 17 heavy (non-hydrogen) atoms. The normalized spacial score (nSPS) is 9.71. The van der Waals surface area contributed by atoms with Crippen molar-refractivity contribution in [3.05, 3.63) is 36.1 Å². The summed E-state index contributed by atoms with van der Waals surface area (Å²) in [5.74, 6) is 6.03. The molecule has 0 atom stereocenters. The highest BCUT2D eigenvalue weighted by atomic mass is 16.3. The summed E-state index contributed by atoms with van der Waals surface area (Å²) in [6.45, 7) is 2.08.